The largest absolute Gasteiger partial charge is 0.355 e. The fourth-order valence-corrected chi connectivity index (χ4v) is 3.18. The smallest absolute Gasteiger partial charge is 0.223 e. The maximum atomic E-state index is 11.6. The van der Waals surface area contributed by atoms with E-state index in [2.05, 4.69) is 21.2 Å². The van der Waals surface area contributed by atoms with Crippen LogP contribution >= 0.6 is 15.9 Å². The highest BCUT2D eigenvalue weighted by Crippen LogP contribution is 2.37. The topological polar surface area (TPSA) is 29.1 Å². The molecule has 3 heteroatoms. The summed E-state index contributed by atoms with van der Waals surface area (Å²) in [5, 5.41) is 4.17. The summed E-state index contributed by atoms with van der Waals surface area (Å²) >= 11 is 3.62. The Morgan fingerprint density at radius 2 is 1.93 bits per heavy atom. The van der Waals surface area contributed by atoms with Crippen molar-refractivity contribution < 1.29 is 4.79 Å². The SMILES string of the molecule is O=C(NCC1(CBr)CCCCC1)C1CC1. The van der Waals surface area contributed by atoms with Crippen LogP contribution in [0.2, 0.25) is 0 Å². The molecule has 1 amide bonds. The first-order valence-electron chi connectivity index (χ1n) is 6.09. The molecule has 0 aromatic carbocycles. The molecular weight excluding hydrogens is 254 g/mol. The maximum Gasteiger partial charge on any atom is 0.223 e. The van der Waals surface area contributed by atoms with Crippen molar-refractivity contribution in [1.82, 2.24) is 5.32 Å². The molecule has 2 nitrogen and oxygen atoms in total. The van der Waals surface area contributed by atoms with E-state index in [1.165, 1.54) is 32.1 Å². The molecule has 0 radical (unpaired) electrons. The first-order chi connectivity index (χ1) is 7.26. The normalized spacial score (nSPS) is 24.9. The van der Waals surface area contributed by atoms with Crippen molar-refractivity contribution in [2.24, 2.45) is 11.3 Å². The standard InChI is InChI=1S/C12H20BrNO/c13-8-12(6-2-1-3-7-12)9-14-11(15)10-4-5-10/h10H,1-9H2,(H,14,15). The van der Waals surface area contributed by atoms with Gasteiger partial charge in [0.15, 0.2) is 0 Å². The molecule has 0 aromatic rings. The predicted molar refractivity (Wildman–Crippen MR) is 65.0 cm³/mol. The molecule has 2 aliphatic carbocycles. The van der Waals surface area contributed by atoms with Crippen LogP contribution in [0.5, 0.6) is 0 Å². The van der Waals surface area contributed by atoms with Crippen LogP contribution < -0.4 is 5.32 Å². The molecular formula is C12H20BrNO. The van der Waals surface area contributed by atoms with E-state index in [1.54, 1.807) is 0 Å². The number of carbonyl (C=O) groups is 1. The molecule has 0 aliphatic heterocycles. The van der Waals surface area contributed by atoms with Gasteiger partial charge < -0.3 is 5.32 Å². The van der Waals surface area contributed by atoms with Gasteiger partial charge in [-0.3, -0.25) is 4.79 Å². The highest BCUT2D eigenvalue weighted by atomic mass is 79.9. The summed E-state index contributed by atoms with van der Waals surface area (Å²) in [5.41, 5.74) is 0.350. The molecule has 0 unspecified atom stereocenters. The summed E-state index contributed by atoms with van der Waals surface area (Å²) in [6.07, 6.45) is 8.76. The van der Waals surface area contributed by atoms with Gasteiger partial charge in [0.2, 0.25) is 5.91 Å². The van der Waals surface area contributed by atoms with Crippen molar-refractivity contribution >= 4 is 21.8 Å². The van der Waals surface area contributed by atoms with Gasteiger partial charge in [-0.15, -0.1) is 0 Å². The average molecular weight is 274 g/mol. The van der Waals surface area contributed by atoms with Crippen LogP contribution in [0.4, 0.5) is 0 Å². The average Bonchev–Trinajstić information content (AvgIpc) is 3.11. The van der Waals surface area contributed by atoms with Crippen molar-refractivity contribution in [3.05, 3.63) is 0 Å². The zero-order chi connectivity index (χ0) is 10.7. The van der Waals surface area contributed by atoms with E-state index in [1.807, 2.05) is 0 Å². The number of carbonyl (C=O) groups excluding carboxylic acids is 1. The molecule has 0 atom stereocenters. The van der Waals surface area contributed by atoms with Gasteiger partial charge in [0.25, 0.3) is 0 Å². The molecule has 2 aliphatic rings. The highest BCUT2D eigenvalue weighted by Gasteiger charge is 2.34. The number of nitrogens with one attached hydrogen (secondary N) is 1. The van der Waals surface area contributed by atoms with Gasteiger partial charge >= 0.3 is 0 Å². The second-order valence-electron chi connectivity index (χ2n) is 5.19. The number of amides is 1. The van der Waals surface area contributed by atoms with E-state index < -0.39 is 0 Å². The van der Waals surface area contributed by atoms with Gasteiger partial charge in [-0.2, -0.15) is 0 Å². The Hall–Kier alpha value is -0.0500. The summed E-state index contributed by atoms with van der Waals surface area (Å²) in [6.45, 7) is 0.883. The van der Waals surface area contributed by atoms with Crippen LogP contribution in [0.1, 0.15) is 44.9 Å². The quantitative estimate of drug-likeness (QED) is 0.785. The summed E-state index contributed by atoms with van der Waals surface area (Å²) < 4.78 is 0. The zero-order valence-corrected chi connectivity index (χ0v) is 10.8. The Bertz CT molecular complexity index is 232. The Labute approximate surface area is 100 Å². The number of alkyl halides is 1. The van der Waals surface area contributed by atoms with Crippen molar-refractivity contribution in [3.63, 3.8) is 0 Å². The van der Waals surface area contributed by atoms with Crippen molar-refractivity contribution in [1.29, 1.82) is 0 Å². The fraction of sp³-hybridized carbons (Fsp3) is 0.917. The second kappa shape index (κ2) is 4.86. The Kier molecular flexibility index (Phi) is 3.70. The minimum atomic E-state index is 0.292. The van der Waals surface area contributed by atoms with Crippen LogP contribution in [-0.4, -0.2) is 17.8 Å². The van der Waals surface area contributed by atoms with Crippen LogP contribution in [0.25, 0.3) is 0 Å². The van der Waals surface area contributed by atoms with E-state index in [0.29, 0.717) is 17.2 Å². The van der Waals surface area contributed by atoms with Crippen molar-refractivity contribution in [3.8, 4) is 0 Å². The Morgan fingerprint density at radius 3 is 2.47 bits per heavy atom. The predicted octanol–water partition coefficient (Wildman–Crippen LogP) is 2.86. The van der Waals surface area contributed by atoms with Crippen molar-refractivity contribution in [2.45, 2.75) is 44.9 Å². The summed E-state index contributed by atoms with van der Waals surface area (Å²) in [7, 11) is 0. The third kappa shape index (κ3) is 2.96. The molecule has 15 heavy (non-hydrogen) atoms. The highest BCUT2D eigenvalue weighted by molar-refractivity contribution is 9.09. The van der Waals surface area contributed by atoms with E-state index in [0.717, 1.165) is 24.7 Å². The lowest BCUT2D eigenvalue weighted by Crippen LogP contribution is -2.40. The molecule has 0 aromatic heterocycles. The van der Waals surface area contributed by atoms with Crippen molar-refractivity contribution in [2.75, 3.05) is 11.9 Å². The first kappa shape index (κ1) is 11.4. The van der Waals surface area contributed by atoms with Gasteiger partial charge in [0.05, 0.1) is 0 Å². The second-order valence-corrected chi connectivity index (χ2v) is 5.75. The third-order valence-corrected chi connectivity index (χ3v) is 4.97. The van der Waals surface area contributed by atoms with Gasteiger partial charge in [-0.05, 0) is 31.1 Å². The summed E-state index contributed by atoms with van der Waals surface area (Å²) in [5.74, 6) is 0.641. The molecule has 1 N–H and O–H groups in total. The van der Waals surface area contributed by atoms with E-state index in [4.69, 9.17) is 0 Å². The maximum absolute atomic E-state index is 11.6. The lowest BCUT2D eigenvalue weighted by atomic mass is 9.75. The number of halogens is 1. The summed E-state index contributed by atoms with van der Waals surface area (Å²) in [4.78, 5) is 11.6. The minimum Gasteiger partial charge on any atom is -0.355 e. The number of hydrogen-bond acceptors (Lipinski definition) is 1. The van der Waals surface area contributed by atoms with Crippen LogP contribution in [0, 0.1) is 11.3 Å². The van der Waals surface area contributed by atoms with Gasteiger partial charge in [-0.25, -0.2) is 0 Å². The van der Waals surface area contributed by atoms with Gasteiger partial charge in [-0.1, -0.05) is 35.2 Å². The number of hydrogen-bond donors (Lipinski definition) is 1. The molecule has 0 saturated heterocycles. The molecule has 2 saturated carbocycles. The lowest BCUT2D eigenvalue weighted by molar-refractivity contribution is -0.122. The number of rotatable bonds is 4. The minimum absolute atomic E-state index is 0.292. The van der Waals surface area contributed by atoms with Crippen LogP contribution in [0.15, 0.2) is 0 Å². The fourth-order valence-electron chi connectivity index (χ4n) is 2.42. The Morgan fingerprint density at radius 1 is 1.27 bits per heavy atom. The van der Waals surface area contributed by atoms with E-state index in [9.17, 15) is 4.79 Å². The lowest BCUT2D eigenvalue weighted by Gasteiger charge is -2.35. The zero-order valence-electron chi connectivity index (χ0n) is 9.23. The van der Waals surface area contributed by atoms with Crippen LogP contribution in [-0.2, 0) is 4.79 Å². The third-order valence-electron chi connectivity index (χ3n) is 3.78. The molecule has 0 heterocycles. The first-order valence-corrected chi connectivity index (χ1v) is 7.22. The Balaban J connectivity index is 1.80. The molecule has 2 rings (SSSR count). The van der Waals surface area contributed by atoms with E-state index >= 15 is 0 Å². The van der Waals surface area contributed by atoms with E-state index in [-0.39, 0.29) is 0 Å². The summed E-state index contributed by atoms with van der Waals surface area (Å²) in [6, 6.07) is 0. The molecule has 0 spiro atoms. The molecule has 2 fully saturated rings. The van der Waals surface area contributed by atoms with Crippen LogP contribution in [0.3, 0.4) is 0 Å². The monoisotopic (exact) mass is 273 g/mol. The van der Waals surface area contributed by atoms with Gasteiger partial charge in [0, 0.05) is 17.8 Å². The van der Waals surface area contributed by atoms with Gasteiger partial charge in [0.1, 0.15) is 0 Å². The molecule has 0 bridgehead atoms. The molecule has 86 valence electrons.